The molecule has 4 atom stereocenters. The molecule has 1 unspecified atom stereocenters. The van der Waals surface area contributed by atoms with Gasteiger partial charge in [0.05, 0.1) is 23.8 Å². The molecule has 326 valence electrons. The maximum Gasteiger partial charge on any atom is 0.304 e. The lowest BCUT2D eigenvalue weighted by molar-refractivity contribution is -0.141. The Morgan fingerprint density at radius 1 is 1.00 bits per heavy atom. The molecule has 2 aromatic rings. The molecule has 59 heavy (non-hydrogen) atoms. The number of imide groups is 1. The first-order valence-electron chi connectivity index (χ1n) is 20.2. The van der Waals surface area contributed by atoms with Crippen molar-refractivity contribution >= 4 is 64.1 Å². The van der Waals surface area contributed by atoms with E-state index in [1.54, 1.807) is 32.0 Å². The van der Waals surface area contributed by atoms with Crippen LogP contribution in [0, 0.1) is 11.3 Å². The van der Waals surface area contributed by atoms with Gasteiger partial charge in [0.1, 0.15) is 6.04 Å². The van der Waals surface area contributed by atoms with Crippen LogP contribution in [0.3, 0.4) is 0 Å². The van der Waals surface area contributed by atoms with E-state index in [0.29, 0.717) is 12.0 Å². The smallest absolute Gasteiger partial charge is 0.304 e. The van der Waals surface area contributed by atoms with Crippen LogP contribution in [0.4, 0.5) is 0 Å². The number of carbonyl (C=O) groups is 7. The van der Waals surface area contributed by atoms with E-state index in [1.807, 2.05) is 73.7 Å². The lowest BCUT2D eigenvalue weighted by atomic mass is 9.76. The highest BCUT2D eigenvalue weighted by Gasteiger charge is 2.43. The van der Waals surface area contributed by atoms with Crippen molar-refractivity contribution in [1.29, 1.82) is 0 Å². The van der Waals surface area contributed by atoms with Crippen LogP contribution in [0.2, 0.25) is 0 Å². The standard InChI is InChI=1S/C43H65N7O8S/c1-26(2)31(23-27(3)38(55)46-19-14-17-33(51)45-20-21-50-34(52)24-32(40(50)57)59-22-18-35(53)54)49(11)41(58)37(42(4,5)6)47-39(56)36(44-9)43(7,8)29-25-48(10)30-16-13-12-15-28(29)30/h12-13,15-16,23,25-26,31-32,36-37,44H,14,17-22,24H2,1-11H3,(H,45,51)(H,46,55)(H,47,56)(H,53,54)/b27-23+/t31-,32?,36-,37-/m1/s1. The van der Waals surface area contributed by atoms with Gasteiger partial charge in [-0.15, -0.1) is 11.8 Å². The number of hydrogen-bond donors (Lipinski definition) is 5. The van der Waals surface area contributed by atoms with Crippen LogP contribution >= 0.6 is 11.8 Å². The predicted molar refractivity (Wildman–Crippen MR) is 230 cm³/mol. The van der Waals surface area contributed by atoms with Crippen molar-refractivity contribution in [2.24, 2.45) is 18.4 Å². The van der Waals surface area contributed by atoms with Gasteiger partial charge in [-0.05, 0) is 43.4 Å². The maximum absolute atomic E-state index is 14.3. The fraction of sp³-hybridized carbons (Fsp3) is 0.605. The summed E-state index contributed by atoms with van der Waals surface area (Å²) in [7, 11) is 5.41. The van der Waals surface area contributed by atoms with Gasteiger partial charge in [-0.2, -0.15) is 0 Å². The third-order valence-electron chi connectivity index (χ3n) is 10.9. The van der Waals surface area contributed by atoms with Crippen molar-refractivity contribution in [1.82, 2.24) is 35.6 Å². The number of carboxylic acid groups (broad SMARTS) is 1. The molecular weight excluding hydrogens is 775 g/mol. The molecule has 1 aromatic carbocycles. The van der Waals surface area contributed by atoms with E-state index in [1.165, 1.54) is 0 Å². The van der Waals surface area contributed by atoms with Crippen LogP contribution in [0.5, 0.6) is 0 Å². The number of aryl methyl sites for hydroxylation is 1. The molecule has 1 aliphatic heterocycles. The molecule has 0 bridgehead atoms. The van der Waals surface area contributed by atoms with Gasteiger partial charge in [-0.1, -0.05) is 72.7 Å². The second-order valence-corrected chi connectivity index (χ2v) is 18.6. The summed E-state index contributed by atoms with van der Waals surface area (Å²) in [5.41, 5.74) is 1.17. The van der Waals surface area contributed by atoms with Gasteiger partial charge < -0.3 is 35.8 Å². The number of amides is 6. The Bertz CT molecular complexity index is 1900. The average molecular weight is 840 g/mol. The molecule has 16 heteroatoms. The van der Waals surface area contributed by atoms with E-state index in [-0.39, 0.29) is 86.0 Å². The molecule has 0 saturated carbocycles. The van der Waals surface area contributed by atoms with Crippen molar-refractivity contribution in [3.63, 3.8) is 0 Å². The summed E-state index contributed by atoms with van der Waals surface area (Å²) in [5, 5.41) is 21.1. The van der Waals surface area contributed by atoms with Crippen molar-refractivity contribution in [2.75, 3.05) is 39.5 Å². The van der Waals surface area contributed by atoms with Crippen molar-refractivity contribution < 1.29 is 38.7 Å². The number of rotatable bonds is 21. The zero-order valence-corrected chi connectivity index (χ0v) is 37.4. The molecule has 1 saturated heterocycles. The minimum atomic E-state index is -0.970. The van der Waals surface area contributed by atoms with Crippen molar-refractivity contribution in [2.45, 2.75) is 110 Å². The summed E-state index contributed by atoms with van der Waals surface area (Å²) in [6, 6.07) is 6.04. The first-order valence-corrected chi connectivity index (χ1v) is 21.3. The van der Waals surface area contributed by atoms with Gasteiger partial charge in [-0.25, -0.2) is 0 Å². The number of hydrogen-bond acceptors (Lipinski definition) is 9. The second kappa shape index (κ2) is 21.0. The predicted octanol–water partition coefficient (Wildman–Crippen LogP) is 3.35. The number of para-hydroxylation sites is 1. The normalized spacial score (nSPS) is 16.6. The van der Waals surface area contributed by atoms with E-state index in [4.69, 9.17) is 5.11 Å². The van der Waals surface area contributed by atoms with Gasteiger partial charge in [0.25, 0.3) is 0 Å². The number of carbonyl (C=O) groups excluding carboxylic acids is 6. The van der Waals surface area contributed by atoms with E-state index < -0.39 is 40.2 Å². The summed E-state index contributed by atoms with van der Waals surface area (Å²) < 4.78 is 2.05. The summed E-state index contributed by atoms with van der Waals surface area (Å²) in [5.74, 6) is -2.77. The SMILES string of the molecule is CN[C@H](C(=O)N[C@H](C(=O)N(C)[C@H](/C=C(\C)C(=O)NCCCC(=O)NCCN1C(=O)CC(SCCC(=O)O)C1=O)C(C)C)C(C)(C)C)C(C)(C)c1cn(C)c2ccccc12. The Hall–Kier alpha value is -4.70. The van der Waals surface area contributed by atoms with Crippen LogP contribution in [-0.2, 0) is 46.0 Å². The minimum Gasteiger partial charge on any atom is -0.481 e. The summed E-state index contributed by atoms with van der Waals surface area (Å²) in [6.45, 7) is 15.7. The Balaban J connectivity index is 1.57. The molecule has 1 aliphatic rings. The first-order chi connectivity index (χ1) is 27.5. The highest BCUT2D eigenvalue weighted by molar-refractivity contribution is 8.00. The van der Waals surface area contributed by atoms with Gasteiger partial charge in [0, 0.05) is 80.4 Å². The molecule has 5 N–H and O–H groups in total. The first kappa shape index (κ1) is 48.7. The Labute approximate surface area is 352 Å². The molecule has 1 fully saturated rings. The lowest BCUT2D eigenvalue weighted by Gasteiger charge is -2.39. The molecule has 1 aromatic heterocycles. The van der Waals surface area contributed by atoms with E-state index in [9.17, 15) is 33.6 Å². The summed E-state index contributed by atoms with van der Waals surface area (Å²) >= 11 is 1.15. The number of likely N-dealkylation sites (N-methyl/N-ethyl adjacent to an activating group) is 2. The van der Waals surface area contributed by atoms with Crippen LogP contribution in [0.25, 0.3) is 10.9 Å². The number of likely N-dealkylation sites (tertiary alicyclic amines) is 1. The number of fused-ring (bicyclic) bond motifs is 1. The van der Waals surface area contributed by atoms with Gasteiger partial charge in [-0.3, -0.25) is 38.5 Å². The number of aromatic nitrogens is 1. The zero-order chi connectivity index (χ0) is 44.4. The molecule has 6 amide bonds. The van der Waals surface area contributed by atoms with Crippen LogP contribution in [0.1, 0.15) is 86.6 Å². The van der Waals surface area contributed by atoms with Crippen LogP contribution in [-0.4, -0.2) is 124 Å². The Kier molecular flexibility index (Phi) is 17.3. The van der Waals surface area contributed by atoms with Crippen molar-refractivity contribution in [3.8, 4) is 0 Å². The molecule has 3 rings (SSSR count). The minimum absolute atomic E-state index is 0.00839. The number of nitrogens with one attached hydrogen (secondary N) is 4. The average Bonchev–Trinajstić information content (AvgIpc) is 3.64. The zero-order valence-electron chi connectivity index (χ0n) is 36.6. The van der Waals surface area contributed by atoms with Gasteiger partial charge >= 0.3 is 5.97 Å². The molecule has 0 aliphatic carbocycles. The number of benzene rings is 1. The Morgan fingerprint density at radius 3 is 2.27 bits per heavy atom. The summed E-state index contributed by atoms with van der Waals surface area (Å²) in [6.07, 6.45) is 4.17. The van der Waals surface area contributed by atoms with Gasteiger partial charge in [0.2, 0.25) is 35.4 Å². The lowest BCUT2D eigenvalue weighted by Crippen LogP contribution is -2.61. The fourth-order valence-corrected chi connectivity index (χ4v) is 8.54. The van der Waals surface area contributed by atoms with Crippen LogP contribution < -0.4 is 21.3 Å². The van der Waals surface area contributed by atoms with Crippen LogP contribution in [0.15, 0.2) is 42.1 Å². The number of thioether (sulfide) groups is 1. The number of carboxylic acids is 1. The van der Waals surface area contributed by atoms with E-state index in [0.717, 1.165) is 33.1 Å². The topological polar surface area (TPSA) is 199 Å². The Morgan fingerprint density at radius 2 is 1.66 bits per heavy atom. The maximum atomic E-state index is 14.3. The summed E-state index contributed by atoms with van der Waals surface area (Å²) in [4.78, 5) is 92.4. The molecule has 2 heterocycles. The second-order valence-electron chi connectivity index (χ2n) is 17.3. The molecule has 0 spiro atoms. The monoisotopic (exact) mass is 839 g/mol. The number of nitrogens with zero attached hydrogens (tertiary/aromatic N) is 3. The quantitative estimate of drug-likeness (QED) is 0.0706. The fourth-order valence-electron chi connectivity index (χ4n) is 7.43. The number of aliphatic carboxylic acids is 1. The third-order valence-corrected chi connectivity index (χ3v) is 12.1. The molecule has 15 nitrogen and oxygen atoms in total. The molecular formula is C43H65N7O8S. The highest BCUT2D eigenvalue weighted by atomic mass is 32.2. The van der Waals surface area contributed by atoms with E-state index >= 15 is 0 Å². The third kappa shape index (κ3) is 12.7. The van der Waals surface area contributed by atoms with E-state index in [2.05, 4.69) is 38.1 Å². The van der Waals surface area contributed by atoms with Crippen molar-refractivity contribution in [3.05, 3.63) is 47.7 Å². The largest absolute Gasteiger partial charge is 0.481 e. The molecule has 0 radical (unpaired) electrons. The highest BCUT2D eigenvalue weighted by Crippen LogP contribution is 2.35. The van der Waals surface area contributed by atoms with Gasteiger partial charge in [0.15, 0.2) is 0 Å².